The van der Waals surface area contributed by atoms with E-state index in [4.69, 9.17) is 9.47 Å². The molecule has 0 atom stereocenters. The first kappa shape index (κ1) is 17.6. The van der Waals surface area contributed by atoms with Gasteiger partial charge in [0.1, 0.15) is 15.4 Å². The van der Waals surface area contributed by atoms with Crippen molar-refractivity contribution in [2.24, 2.45) is 0 Å². The van der Waals surface area contributed by atoms with Gasteiger partial charge in [0.2, 0.25) is 0 Å². The SMILES string of the molecule is CCOC(OCC)[Si]CCCCCCCCBr. The number of hydrogen-bond donors (Lipinski definition) is 0. The van der Waals surface area contributed by atoms with Gasteiger partial charge in [-0.3, -0.25) is 0 Å². The number of rotatable bonds is 13. The molecule has 2 radical (unpaired) electrons. The summed E-state index contributed by atoms with van der Waals surface area (Å²) in [5.41, 5.74) is 0. The Morgan fingerprint density at radius 3 is 1.94 bits per heavy atom. The topological polar surface area (TPSA) is 18.5 Å². The number of ether oxygens (including phenoxy) is 2. The van der Waals surface area contributed by atoms with Gasteiger partial charge < -0.3 is 9.47 Å². The smallest absolute Gasteiger partial charge is 0.137 e. The average Bonchev–Trinajstić information content (AvgIpc) is 2.33. The second-order valence-corrected chi connectivity index (χ2v) is 6.18. The van der Waals surface area contributed by atoms with Crippen molar-refractivity contribution >= 4 is 25.4 Å². The molecule has 0 aromatic heterocycles. The fourth-order valence-corrected chi connectivity index (χ4v) is 3.27. The van der Waals surface area contributed by atoms with E-state index in [1.54, 1.807) is 0 Å². The van der Waals surface area contributed by atoms with Crippen LogP contribution in [0.25, 0.3) is 0 Å². The zero-order valence-corrected chi connectivity index (χ0v) is 13.9. The lowest BCUT2D eigenvalue weighted by atomic mass is 10.1. The summed E-state index contributed by atoms with van der Waals surface area (Å²) in [4.78, 5) is 0. The van der Waals surface area contributed by atoms with E-state index in [9.17, 15) is 0 Å². The van der Waals surface area contributed by atoms with E-state index in [1.807, 2.05) is 13.8 Å². The van der Waals surface area contributed by atoms with Crippen LogP contribution in [-0.4, -0.2) is 34.0 Å². The summed E-state index contributed by atoms with van der Waals surface area (Å²) in [5.74, 6) is 0.0541. The first-order chi connectivity index (χ1) is 8.35. The van der Waals surface area contributed by atoms with Crippen molar-refractivity contribution in [3.05, 3.63) is 0 Å². The van der Waals surface area contributed by atoms with Gasteiger partial charge in [-0.2, -0.15) is 0 Å². The standard InChI is InChI=1S/C13H27BrO2Si/c1-3-15-13(16-4-2)17-12-10-8-6-5-7-9-11-14/h13H,3-12H2,1-2H3. The van der Waals surface area contributed by atoms with Crippen LogP contribution in [0.4, 0.5) is 0 Å². The molecule has 0 saturated carbocycles. The molecular formula is C13H27BrO2Si. The summed E-state index contributed by atoms with van der Waals surface area (Å²) in [6.07, 6.45) is 8.14. The molecule has 0 aromatic rings. The van der Waals surface area contributed by atoms with Crippen LogP contribution < -0.4 is 0 Å². The lowest BCUT2D eigenvalue weighted by Crippen LogP contribution is -2.24. The van der Waals surface area contributed by atoms with Crippen molar-refractivity contribution < 1.29 is 9.47 Å². The van der Waals surface area contributed by atoms with Gasteiger partial charge in [0.15, 0.2) is 0 Å². The molecule has 0 saturated heterocycles. The van der Waals surface area contributed by atoms with Gasteiger partial charge in [-0.05, 0) is 20.3 Å². The Hall–Kier alpha value is 0.617. The molecule has 0 rings (SSSR count). The van der Waals surface area contributed by atoms with Crippen LogP contribution in [0.1, 0.15) is 52.4 Å². The molecule has 0 aromatic carbocycles. The third kappa shape index (κ3) is 12.9. The third-order valence-electron chi connectivity index (χ3n) is 2.51. The monoisotopic (exact) mass is 322 g/mol. The Morgan fingerprint density at radius 1 is 0.882 bits per heavy atom. The molecule has 4 heteroatoms. The van der Waals surface area contributed by atoms with Gasteiger partial charge >= 0.3 is 0 Å². The molecule has 2 nitrogen and oxygen atoms in total. The van der Waals surface area contributed by atoms with Gasteiger partial charge in [-0.25, -0.2) is 0 Å². The summed E-state index contributed by atoms with van der Waals surface area (Å²) < 4.78 is 11.1. The van der Waals surface area contributed by atoms with Crippen LogP contribution in [0.5, 0.6) is 0 Å². The van der Waals surface area contributed by atoms with Crippen LogP contribution in [0.3, 0.4) is 0 Å². The Balaban J connectivity index is 3.23. The number of halogens is 1. The molecule has 0 bridgehead atoms. The molecule has 0 N–H and O–H groups in total. The summed E-state index contributed by atoms with van der Waals surface area (Å²) in [6, 6.07) is 1.25. The molecule has 0 heterocycles. The van der Waals surface area contributed by atoms with Crippen LogP contribution in [0, 0.1) is 0 Å². The molecule has 17 heavy (non-hydrogen) atoms. The quantitative estimate of drug-likeness (QED) is 0.219. The van der Waals surface area contributed by atoms with Gasteiger partial charge in [-0.15, -0.1) is 0 Å². The third-order valence-corrected chi connectivity index (χ3v) is 4.38. The second-order valence-electron chi connectivity index (χ2n) is 4.01. The predicted molar refractivity (Wildman–Crippen MR) is 79.1 cm³/mol. The molecule has 102 valence electrons. The van der Waals surface area contributed by atoms with Crippen molar-refractivity contribution in [3.8, 4) is 0 Å². The molecule has 0 amide bonds. The minimum absolute atomic E-state index is 0.0541. The minimum Gasteiger partial charge on any atom is -0.357 e. The molecule has 0 aliphatic carbocycles. The lowest BCUT2D eigenvalue weighted by Gasteiger charge is -2.15. The van der Waals surface area contributed by atoms with Gasteiger partial charge in [0.25, 0.3) is 0 Å². The number of alkyl halides is 1. The van der Waals surface area contributed by atoms with Crippen LogP contribution >= 0.6 is 15.9 Å². The van der Waals surface area contributed by atoms with E-state index in [0.717, 1.165) is 28.1 Å². The van der Waals surface area contributed by atoms with Crippen molar-refractivity contribution in [1.82, 2.24) is 0 Å². The van der Waals surface area contributed by atoms with Crippen molar-refractivity contribution in [2.45, 2.75) is 64.3 Å². The van der Waals surface area contributed by atoms with Gasteiger partial charge in [0.05, 0.1) is 0 Å². The van der Waals surface area contributed by atoms with E-state index in [1.165, 1.54) is 44.6 Å². The molecule has 0 spiro atoms. The van der Waals surface area contributed by atoms with E-state index in [-0.39, 0.29) is 5.91 Å². The fourth-order valence-electron chi connectivity index (χ4n) is 1.62. The number of unbranched alkanes of at least 4 members (excludes halogenated alkanes) is 5. The molecule has 0 unspecified atom stereocenters. The maximum atomic E-state index is 5.53. The summed E-state index contributed by atoms with van der Waals surface area (Å²) in [7, 11) is 0.797. The largest absolute Gasteiger partial charge is 0.357 e. The van der Waals surface area contributed by atoms with Gasteiger partial charge in [-0.1, -0.05) is 54.1 Å². The Labute approximate surface area is 118 Å². The van der Waals surface area contributed by atoms with Crippen molar-refractivity contribution in [2.75, 3.05) is 18.5 Å². The van der Waals surface area contributed by atoms with E-state index in [0.29, 0.717) is 0 Å². The lowest BCUT2D eigenvalue weighted by molar-refractivity contribution is -0.0827. The predicted octanol–water partition coefficient (Wildman–Crippen LogP) is 4.20. The maximum Gasteiger partial charge on any atom is 0.137 e. The highest BCUT2D eigenvalue weighted by Crippen LogP contribution is 2.09. The Kier molecular flexibility index (Phi) is 15.2. The van der Waals surface area contributed by atoms with E-state index >= 15 is 0 Å². The van der Waals surface area contributed by atoms with Crippen molar-refractivity contribution in [1.29, 1.82) is 0 Å². The summed E-state index contributed by atoms with van der Waals surface area (Å²) >= 11 is 3.46. The van der Waals surface area contributed by atoms with Crippen molar-refractivity contribution in [3.63, 3.8) is 0 Å². The minimum atomic E-state index is 0.0541. The highest BCUT2D eigenvalue weighted by atomic mass is 79.9. The highest BCUT2D eigenvalue weighted by Gasteiger charge is 2.07. The molecule has 0 aliphatic rings. The summed E-state index contributed by atoms with van der Waals surface area (Å²) in [6.45, 7) is 5.56. The normalized spacial score (nSPS) is 11.3. The van der Waals surface area contributed by atoms with Crippen LogP contribution in [-0.2, 0) is 9.47 Å². The molecular weight excluding hydrogens is 296 g/mol. The van der Waals surface area contributed by atoms with Gasteiger partial charge in [0, 0.05) is 18.5 Å². The van der Waals surface area contributed by atoms with E-state index in [2.05, 4.69) is 15.9 Å². The fraction of sp³-hybridized carbons (Fsp3) is 1.00. The zero-order valence-electron chi connectivity index (χ0n) is 11.3. The first-order valence-electron chi connectivity index (χ1n) is 6.87. The maximum absolute atomic E-state index is 5.53. The Morgan fingerprint density at radius 2 is 1.41 bits per heavy atom. The zero-order chi connectivity index (χ0) is 12.8. The number of hydrogen-bond acceptors (Lipinski definition) is 2. The first-order valence-corrected chi connectivity index (χ1v) is 9.28. The average molecular weight is 323 g/mol. The summed E-state index contributed by atoms with van der Waals surface area (Å²) in [5, 5.41) is 1.15. The Bertz CT molecular complexity index is 141. The van der Waals surface area contributed by atoms with Crippen LogP contribution in [0.2, 0.25) is 6.04 Å². The molecule has 0 fully saturated rings. The molecule has 0 aliphatic heterocycles. The van der Waals surface area contributed by atoms with E-state index < -0.39 is 0 Å². The van der Waals surface area contributed by atoms with Crippen LogP contribution in [0.15, 0.2) is 0 Å². The second kappa shape index (κ2) is 14.7. The highest BCUT2D eigenvalue weighted by molar-refractivity contribution is 9.09.